The summed E-state index contributed by atoms with van der Waals surface area (Å²) in [5, 5.41) is 3.39. The first-order chi connectivity index (χ1) is 9.33. The van der Waals surface area contributed by atoms with Crippen LogP contribution < -0.4 is 10.1 Å². The van der Waals surface area contributed by atoms with Crippen molar-refractivity contribution in [3.05, 3.63) is 53.7 Å². The van der Waals surface area contributed by atoms with Crippen molar-refractivity contribution in [2.45, 2.75) is 32.0 Å². The average Bonchev–Trinajstić information content (AvgIpc) is 3.14. The minimum absolute atomic E-state index is 0.268. The van der Waals surface area contributed by atoms with E-state index in [1.165, 1.54) is 18.9 Å². The second kappa shape index (κ2) is 5.45. The van der Waals surface area contributed by atoms with E-state index in [0.717, 1.165) is 11.3 Å². The van der Waals surface area contributed by atoms with E-state index in [9.17, 15) is 4.39 Å². The van der Waals surface area contributed by atoms with E-state index in [1.807, 2.05) is 6.07 Å². The molecule has 1 N–H and O–H groups in total. The van der Waals surface area contributed by atoms with Gasteiger partial charge in [0.25, 0.3) is 0 Å². The summed E-state index contributed by atoms with van der Waals surface area (Å²) in [5.41, 5.74) is 0.955. The Labute approximate surface area is 111 Å². The molecule has 1 saturated carbocycles. The molecule has 2 aromatic rings. The molecule has 100 valence electrons. The zero-order valence-electron chi connectivity index (χ0n) is 10.6. The lowest BCUT2D eigenvalue weighted by molar-refractivity contribution is 0.286. The molecule has 19 heavy (non-hydrogen) atoms. The first kappa shape index (κ1) is 12.2. The first-order valence-corrected chi connectivity index (χ1v) is 6.49. The number of ether oxygens (including phenoxy) is 1. The highest BCUT2D eigenvalue weighted by Gasteiger charge is 2.21. The van der Waals surface area contributed by atoms with Crippen LogP contribution in [0.4, 0.5) is 4.39 Å². The van der Waals surface area contributed by atoms with Crippen LogP contribution in [0.3, 0.4) is 0 Å². The second-order valence-corrected chi connectivity index (χ2v) is 4.74. The van der Waals surface area contributed by atoms with E-state index in [-0.39, 0.29) is 11.6 Å². The Bertz CT molecular complexity index is 549. The number of furan rings is 1. The van der Waals surface area contributed by atoms with Crippen LogP contribution in [-0.2, 0) is 13.2 Å². The van der Waals surface area contributed by atoms with E-state index in [2.05, 4.69) is 5.32 Å². The van der Waals surface area contributed by atoms with Crippen LogP contribution in [0.2, 0.25) is 0 Å². The molecule has 1 heterocycles. The van der Waals surface area contributed by atoms with Gasteiger partial charge in [0.15, 0.2) is 11.6 Å². The molecule has 0 saturated heterocycles. The summed E-state index contributed by atoms with van der Waals surface area (Å²) >= 11 is 0. The lowest BCUT2D eigenvalue weighted by Gasteiger charge is -2.07. The van der Waals surface area contributed by atoms with Gasteiger partial charge in [0.05, 0.1) is 12.8 Å². The SMILES string of the molecule is Fc1ccccc1OCc1ccoc1CNC1CC1. The minimum Gasteiger partial charge on any atom is -0.486 e. The summed E-state index contributed by atoms with van der Waals surface area (Å²) in [5.74, 6) is 0.789. The molecule has 1 aromatic heterocycles. The highest BCUT2D eigenvalue weighted by molar-refractivity contribution is 5.25. The zero-order chi connectivity index (χ0) is 13.1. The zero-order valence-corrected chi connectivity index (χ0v) is 10.6. The highest BCUT2D eigenvalue weighted by atomic mass is 19.1. The number of benzene rings is 1. The molecule has 0 atom stereocenters. The predicted octanol–water partition coefficient (Wildman–Crippen LogP) is 3.25. The molecule has 1 aliphatic carbocycles. The summed E-state index contributed by atoms with van der Waals surface area (Å²) in [6, 6.07) is 8.90. The molecular formula is C15H16FNO2. The standard InChI is InChI=1S/C15H16FNO2/c16-13-3-1-2-4-14(13)19-10-11-7-8-18-15(11)9-17-12-5-6-12/h1-4,7-8,12,17H,5-6,9-10H2. The summed E-state index contributed by atoms with van der Waals surface area (Å²) < 4.78 is 24.3. The largest absolute Gasteiger partial charge is 0.486 e. The summed E-state index contributed by atoms with van der Waals surface area (Å²) in [6.45, 7) is 1.02. The number of hydrogen-bond donors (Lipinski definition) is 1. The Morgan fingerprint density at radius 1 is 1.26 bits per heavy atom. The van der Waals surface area contributed by atoms with Gasteiger partial charge in [-0.25, -0.2) is 4.39 Å². The normalized spacial score (nSPS) is 14.6. The van der Waals surface area contributed by atoms with Crippen molar-refractivity contribution < 1.29 is 13.5 Å². The molecule has 1 fully saturated rings. The monoisotopic (exact) mass is 261 g/mol. The average molecular weight is 261 g/mol. The second-order valence-electron chi connectivity index (χ2n) is 4.74. The van der Waals surface area contributed by atoms with Gasteiger partial charge in [-0.05, 0) is 31.0 Å². The van der Waals surface area contributed by atoms with Crippen molar-refractivity contribution >= 4 is 0 Å². The maximum absolute atomic E-state index is 13.4. The van der Waals surface area contributed by atoms with Crippen molar-refractivity contribution in [3.63, 3.8) is 0 Å². The summed E-state index contributed by atoms with van der Waals surface area (Å²) in [6.07, 6.45) is 4.12. The fourth-order valence-electron chi connectivity index (χ4n) is 1.89. The first-order valence-electron chi connectivity index (χ1n) is 6.49. The third-order valence-corrected chi connectivity index (χ3v) is 3.19. The quantitative estimate of drug-likeness (QED) is 0.866. The molecule has 0 aliphatic heterocycles. The van der Waals surface area contributed by atoms with Gasteiger partial charge in [-0.2, -0.15) is 0 Å². The van der Waals surface area contributed by atoms with Crippen molar-refractivity contribution in [1.82, 2.24) is 5.32 Å². The van der Waals surface area contributed by atoms with Gasteiger partial charge in [0, 0.05) is 11.6 Å². The summed E-state index contributed by atoms with van der Waals surface area (Å²) in [7, 11) is 0. The topological polar surface area (TPSA) is 34.4 Å². The minimum atomic E-state index is -0.344. The maximum Gasteiger partial charge on any atom is 0.165 e. The number of para-hydroxylation sites is 1. The lowest BCUT2D eigenvalue weighted by atomic mass is 10.2. The van der Waals surface area contributed by atoms with E-state index < -0.39 is 0 Å². The maximum atomic E-state index is 13.4. The van der Waals surface area contributed by atoms with Gasteiger partial charge in [-0.3, -0.25) is 0 Å². The van der Waals surface area contributed by atoms with Crippen LogP contribution in [0.25, 0.3) is 0 Å². The highest BCUT2D eigenvalue weighted by Crippen LogP contribution is 2.22. The molecule has 0 unspecified atom stereocenters. The van der Waals surface area contributed by atoms with Crippen LogP contribution >= 0.6 is 0 Å². The predicted molar refractivity (Wildman–Crippen MR) is 69.3 cm³/mol. The molecule has 0 radical (unpaired) electrons. The van der Waals surface area contributed by atoms with E-state index in [4.69, 9.17) is 9.15 Å². The van der Waals surface area contributed by atoms with Gasteiger partial charge in [-0.1, -0.05) is 12.1 Å². The van der Waals surface area contributed by atoms with Crippen LogP contribution in [0.1, 0.15) is 24.2 Å². The number of rotatable bonds is 6. The number of nitrogens with one attached hydrogen (secondary N) is 1. The molecule has 1 aliphatic rings. The van der Waals surface area contributed by atoms with Crippen molar-refractivity contribution in [2.24, 2.45) is 0 Å². The fraction of sp³-hybridized carbons (Fsp3) is 0.333. The van der Waals surface area contributed by atoms with Gasteiger partial charge >= 0.3 is 0 Å². The van der Waals surface area contributed by atoms with Crippen molar-refractivity contribution in [2.75, 3.05) is 0 Å². The Hall–Kier alpha value is -1.81. The van der Waals surface area contributed by atoms with Crippen LogP contribution in [0.5, 0.6) is 5.75 Å². The van der Waals surface area contributed by atoms with Crippen molar-refractivity contribution in [3.8, 4) is 5.75 Å². The fourth-order valence-corrected chi connectivity index (χ4v) is 1.89. The van der Waals surface area contributed by atoms with Crippen LogP contribution in [0.15, 0.2) is 41.0 Å². The third kappa shape index (κ3) is 3.15. The van der Waals surface area contributed by atoms with E-state index in [1.54, 1.807) is 24.5 Å². The van der Waals surface area contributed by atoms with Gasteiger partial charge in [-0.15, -0.1) is 0 Å². The lowest BCUT2D eigenvalue weighted by Crippen LogP contribution is -2.16. The molecular weight excluding hydrogens is 245 g/mol. The molecule has 1 aromatic carbocycles. The van der Waals surface area contributed by atoms with Crippen LogP contribution in [0, 0.1) is 5.82 Å². The Balaban J connectivity index is 1.60. The molecule has 3 nitrogen and oxygen atoms in total. The third-order valence-electron chi connectivity index (χ3n) is 3.19. The molecule has 3 rings (SSSR count). The Morgan fingerprint density at radius 2 is 2.11 bits per heavy atom. The van der Waals surface area contributed by atoms with Crippen LogP contribution in [-0.4, -0.2) is 6.04 Å². The van der Waals surface area contributed by atoms with Crippen molar-refractivity contribution in [1.29, 1.82) is 0 Å². The molecule has 0 spiro atoms. The molecule has 0 bridgehead atoms. The van der Waals surface area contributed by atoms with Gasteiger partial charge < -0.3 is 14.5 Å². The Kier molecular flexibility index (Phi) is 3.51. The van der Waals surface area contributed by atoms with E-state index >= 15 is 0 Å². The molecule has 4 heteroatoms. The molecule has 0 amide bonds. The Morgan fingerprint density at radius 3 is 2.89 bits per heavy atom. The van der Waals surface area contributed by atoms with E-state index in [0.29, 0.717) is 19.2 Å². The van der Waals surface area contributed by atoms with Gasteiger partial charge in [0.1, 0.15) is 12.4 Å². The summed E-state index contributed by atoms with van der Waals surface area (Å²) in [4.78, 5) is 0. The number of hydrogen-bond acceptors (Lipinski definition) is 3. The van der Waals surface area contributed by atoms with Gasteiger partial charge in [0.2, 0.25) is 0 Å². The number of halogens is 1. The smallest absolute Gasteiger partial charge is 0.165 e.